The number of nitrogens with zero attached hydrogens (tertiary/aromatic N) is 6. The van der Waals surface area contributed by atoms with Gasteiger partial charge in [-0.05, 0) is 19.3 Å². The van der Waals surface area contributed by atoms with Gasteiger partial charge in [-0.3, -0.25) is 9.48 Å². The van der Waals surface area contributed by atoms with Gasteiger partial charge in [-0.2, -0.15) is 14.7 Å². The van der Waals surface area contributed by atoms with Gasteiger partial charge in [0.1, 0.15) is 5.82 Å². The number of carbonyl (C=O) groups is 1. The van der Waals surface area contributed by atoms with E-state index in [2.05, 4.69) is 10.2 Å². The Morgan fingerprint density at radius 2 is 2.12 bits per heavy atom. The Kier molecular flexibility index (Phi) is 3.67. The molecule has 0 bridgehead atoms. The van der Waals surface area contributed by atoms with E-state index in [9.17, 15) is 4.79 Å². The first-order valence-electron chi connectivity index (χ1n) is 8.45. The van der Waals surface area contributed by atoms with E-state index in [4.69, 9.17) is 10.7 Å². The van der Waals surface area contributed by atoms with E-state index in [1.807, 2.05) is 24.2 Å². The number of piperidine rings is 1. The van der Waals surface area contributed by atoms with Crippen molar-refractivity contribution in [2.24, 2.45) is 7.05 Å². The molecule has 3 aromatic rings. The predicted octanol–water partition coefficient (Wildman–Crippen LogP) is 1.79. The molecule has 25 heavy (non-hydrogen) atoms. The Bertz CT molecular complexity index is 942. The Labute approximate surface area is 145 Å². The molecule has 1 atom stereocenters. The van der Waals surface area contributed by atoms with Crippen molar-refractivity contribution in [1.29, 1.82) is 0 Å². The molecule has 8 heteroatoms. The molecule has 3 aromatic heterocycles. The van der Waals surface area contributed by atoms with Crippen molar-refractivity contribution in [2.75, 3.05) is 12.3 Å². The lowest BCUT2D eigenvalue weighted by molar-refractivity contribution is -0.132. The SMILES string of the molecule is CC(=O)N1CCCCC1c1cc(N)n2ncc(-c3cnn(C)c3)c2n1. The van der Waals surface area contributed by atoms with Gasteiger partial charge in [-0.25, -0.2) is 4.98 Å². The quantitative estimate of drug-likeness (QED) is 0.768. The van der Waals surface area contributed by atoms with Crippen LogP contribution in [-0.4, -0.2) is 41.7 Å². The highest BCUT2D eigenvalue weighted by molar-refractivity contribution is 5.77. The maximum atomic E-state index is 12.0. The highest BCUT2D eigenvalue weighted by Gasteiger charge is 2.28. The summed E-state index contributed by atoms with van der Waals surface area (Å²) in [5.41, 5.74) is 9.55. The summed E-state index contributed by atoms with van der Waals surface area (Å²) in [4.78, 5) is 18.7. The molecule has 1 fully saturated rings. The Morgan fingerprint density at radius 3 is 2.84 bits per heavy atom. The van der Waals surface area contributed by atoms with Crippen LogP contribution in [0.25, 0.3) is 16.8 Å². The fourth-order valence-electron chi connectivity index (χ4n) is 3.56. The molecule has 0 aliphatic carbocycles. The fraction of sp³-hybridized carbons (Fsp3) is 0.412. The van der Waals surface area contributed by atoms with E-state index in [0.29, 0.717) is 11.5 Å². The molecule has 0 spiro atoms. The molecule has 1 aliphatic heterocycles. The van der Waals surface area contributed by atoms with E-state index in [1.54, 1.807) is 28.5 Å². The van der Waals surface area contributed by atoms with E-state index in [0.717, 1.165) is 42.6 Å². The zero-order valence-electron chi connectivity index (χ0n) is 14.4. The van der Waals surface area contributed by atoms with Gasteiger partial charge in [0.15, 0.2) is 5.65 Å². The van der Waals surface area contributed by atoms with Crippen LogP contribution in [0.5, 0.6) is 0 Å². The molecule has 4 rings (SSSR count). The zero-order valence-corrected chi connectivity index (χ0v) is 14.4. The number of aromatic nitrogens is 5. The molecule has 0 saturated carbocycles. The minimum Gasteiger partial charge on any atom is -0.384 e. The number of fused-ring (bicyclic) bond motifs is 1. The number of likely N-dealkylation sites (tertiary alicyclic amines) is 1. The monoisotopic (exact) mass is 339 g/mol. The summed E-state index contributed by atoms with van der Waals surface area (Å²) in [5.74, 6) is 0.593. The zero-order chi connectivity index (χ0) is 17.6. The summed E-state index contributed by atoms with van der Waals surface area (Å²) in [5, 5.41) is 8.57. The van der Waals surface area contributed by atoms with Gasteiger partial charge in [-0.15, -0.1) is 0 Å². The second kappa shape index (κ2) is 5.87. The van der Waals surface area contributed by atoms with E-state index >= 15 is 0 Å². The Balaban J connectivity index is 1.84. The second-order valence-electron chi connectivity index (χ2n) is 6.53. The topological polar surface area (TPSA) is 94.3 Å². The van der Waals surface area contributed by atoms with Crippen molar-refractivity contribution >= 4 is 17.4 Å². The molecule has 4 heterocycles. The normalized spacial score (nSPS) is 18.0. The van der Waals surface area contributed by atoms with Gasteiger partial charge in [0.05, 0.1) is 24.1 Å². The first-order valence-corrected chi connectivity index (χ1v) is 8.45. The van der Waals surface area contributed by atoms with Gasteiger partial charge in [0, 0.05) is 43.9 Å². The van der Waals surface area contributed by atoms with Crippen LogP contribution in [0.4, 0.5) is 5.82 Å². The van der Waals surface area contributed by atoms with Crippen LogP contribution in [0.15, 0.2) is 24.7 Å². The Hall–Kier alpha value is -2.90. The largest absolute Gasteiger partial charge is 0.384 e. The molecule has 1 saturated heterocycles. The predicted molar refractivity (Wildman–Crippen MR) is 93.6 cm³/mol. The number of anilines is 1. The standard InChI is InChI=1S/C17H21N7O/c1-11(25)23-6-4-3-5-15(23)14-7-16(18)24-17(21-14)13(9-20-24)12-8-19-22(2)10-12/h7-10,15H,3-6,18H2,1-2H3. The van der Waals surface area contributed by atoms with Crippen molar-refractivity contribution in [3.05, 3.63) is 30.4 Å². The maximum Gasteiger partial charge on any atom is 0.220 e. The highest BCUT2D eigenvalue weighted by Crippen LogP contribution is 2.32. The van der Waals surface area contributed by atoms with Gasteiger partial charge in [0.2, 0.25) is 5.91 Å². The first kappa shape index (κ1) is 15.6. The molecule has 2 N–H and O–H groups in total. The second-order valence-corrected chi connectivity index (χ2v) is 6.53. The van der Waals surface area contributed by atoms with Crippen LogP contribution in [0.2, 0.25) is 0 Å². The van der Waals surface area contributed by atoms with Crippen LogP contribution in [0.1, 0.15) is 37.9 Å². The lowest BCUT2D eigenvalue weighted by Crippen LogP contribution is -2.37. The number of hydrogen-bond acceptors (Lipinski definition) is 5. The third kappa shape index (κ3) is 2.63. The third-order valence-electron chi connectivity index (χ3n) is 4.78. The maximum absolute atomic E-state index is 12.0. The summed E-state index contributed by atoms with van der Waals surface area (Å²) < 4.78 is 3.37. The fourth-order valence-corrected chi connectivity index (χ4v) is 3.56. The average Bonchev–Trinajstić information content (AvgIpc) is 3.21. The number of rotatable bonds is 2. The van der Waals surface area contributed by atoms with E-state index < -0.39 is 0 Å². The molecule has 1 unspecified atom stereocenters. The summed E-state index contributed by atoms with van der Waals surface area (Å²) in [6.07, 6.45) is 8.47. The molecular formula is C17H21N7O. The van der Waals surface area contributed by atoms with Gasteiger partial charge >= 0.3 is 0 Å². The molecule has 0 radical (unpaired) electrons. The lowest BCUT2D eigenvalue weighted by atomic mass is 9.99. The first-order chi connectivity index (χ1) is 12.0. The summed E-state index contributed by atoms with van der Waals surface area (Å²) in [7, 11) is 1.87. The van der Waals surface area contributed by atoms with Crippen LogP contribution in [0.3, 0.4) is 0 Å². The Morgan fingerprint density at radius 1 is 1.28 bits per heavy atom. The van der Waals surface area contributed by atoms with Crippen LogP contribution < -0.4 is 5.73 Å². The average molecular weight is 339 g/mol. The number of aryl methyl sites for hydroxylation is 1. The van der Waals surface area contributed by atoms with Crippen molar-refractivity contribution < 1.29 is 4.79 Å². The molecule has 130 valence electrons. The minimum absolute atomic E-state index is 0.0322. The minimum atomic E-state index is -0.0322. The molecular weight excluding hydrogens is 318 g/mol. The highest BCUT2D eigenvalue weighted by atomic mass is 16.2. The summed E-state index contributed by atoms with van der Waals surface area (Å²) >= 11 is 0. The molecule has 8 nitrogen and oxygen atoms in total. The van der Waals surface area contributed by atoms with Gasteiger partial charge < -0.3 is 10.6 Å². The molecule has 1 aliphatic rings. The van der Waals surface area contributed by atoms with Gasteiger partial charge in [0.25, 0.3) is 0 Å². The van der Waals surface area contributed by atoms with Crippen LogP contribution >= 0.6 is 0 Å². The number of nitrogens with two attached hydrogens (primary N) is 1. The van der Waals surface area contributed by atoms with Crippen LogP contribution in [-0.2, 0) is 11.8 Å². The number of hydrogen-bond donors (Lipinski definition) is 1. The lowest BCUT2D eigenvalue weighted by Gasteiger charge is -2.34. The van der Waals surface area contributed by atoms with Gasteiger partial charge in [-0.1, -0.05) is 0 Å². The molecule has 0 aromatic carbocycles. The number of amides is 1. The smallest absolute Gasteiger partial charge is 0.220 e. The van der Waals surface area contributed by atoms with Crippen molar-refractivity contribution in [1.82, 2.24) is 29.3 Å². The number of carbonyl (C=O) groups excluding carboxylic acids is 1. The number of nitrogen functional groups attached to an aromatic ring is 1. The van der Waals surface area contributed by atoms with Crippen molar-refractivity contribution in [3.8, 4) is 11.1 Å². The molecule has 1 amide bonds. The van der Waals surface area contributed by atoms with Crippen molar-refractivity contribution in [3.63, 3.8) is 0 Å². The summed E-state index contributed by atoms with van der Waals surface area (Å²) in [6, 6.07) is 1.80. The third-order valence-corrected chi connectivity index (χ3v) is 4.78. The van der Waals surface area contributed by atoms with E-state index in [-0.39, 0.29) is 11.9 Å². The van der Waals surface area contributed by atoms with Crippen LogP contribution in [0, 0.1) is 0 Å². The van der Waals surface area contributed by atoms with Crippen molar-refractivity contribution in [2.45, 2.75) is 32.2 Å². The summed E-state index contributed by atoms with van der Waals surface area (Å²) in [6.45, 7) is 2.38. The van der Waals surface area contributed by atoms with E-state index in [1.165, 1.54) is 0 Å².